The number of amides is 2. The summed E-state index contributed by atoms with van der Waals surface area (Å²) in [6.45, 7) is 9.23. The highest BCUT2D eigenvalue weighted by Crippen LogP contribution is 2.40. The number of nitrogens with zero attached hydrogens (tertiary/aromatic N) is 1. The molecule has 0 aromatic heterocycles. The van der Waals surface area contributed by atoms with E-state index in [1.807, 2.05) is 18.2 Å². The molecule has 136 valence electrons. The molecule has 2 aliphatic rings. The van der Waals surface area contributed by atoms with E-state index in [9.17, 15) is 9.59 Å². The maximum atomic E-state index is 12.6. The first-order valence-electron chi connectivity index (χ1n) is 9.47. The van der Waals surface area contributed by atoms with Crippen LogP contribution in [-0.4, -0.2) is 18.4 Å². The maximum absolute atomic E-state index is 12.6. The molecular weight excluding hydrogens is 312 g/mol. The molecule has 1 aromatic carbocycles. The molecule has 0 atom stereocenters. The first kappa shape index (κ1) is 18.0. The van der Waals surface area contributed by atoms with E-state index in [-0.39, 0.29) is 17.7 Å². The van der Waals surface area contributed by atoms with Gasteiger partial charge >= 0.3 is 0 Å². The van der Waals surface area contributed by atoms with Gasteiger partial charge in [-0.15, -0.1) is 0 Å². The number of benzene rings is 1. The van der Waals surface area contributed by atoms with Gasteiger partial charge in [0, 0.05) is 30.8 Å². The molecular formula is C21H30N2O2. The smallest absolute Gasteiger partial charge is 0.227 e. The predicted octanol–water partition coefficient (Wildman–Crippen LogP) is 4.39. The number of carbonyl (C=O) groups is 2. The van der Waals surface area contributed by atoms with E-state index in [1.54, 1.807) is 11.8 Å². The van der Waals surface area contributed by atoms with Crippen molar-refractivity contribution in [3.63, 3.8) is 0 Å². The van der Waals surface area contributed by atoms with Gasteiger partial charge in [0.1, 0.15) is 0 Å². The number of hydrogen-bond donors (Lipinski definition) is 1. The standard InChI is InChI=1S/C21H30N2O2/c1-14(24)23-12-11-16-13-18(9-10-19(16)23)22-20(25)15-5-7-17(8-6-15)21(2,3)4/h9-10,13,15,17H,5-8,11-12H2,1-4H3,(H,22,25). The molecule has 0 saturated heterocycles. The van der Waals surface area contributed by atoms with E-state index < -0.39 is 0 Å². The Kier molecular flexibility index (Phi) is 4.90. The Hall–Kier alpha value is -1.84. The summed E-state index contributed by atoms with van der Waals surface area (Å²) in [5, 5.41) is 3.10. The lowest BCUT2D eigenvalue weighted by Gasteiger charge is -2.36. The summed E-state index contributed by atoms with van der Waals surface area (Å²) in [5.41, 5.74) is 3.32. The van der Waals surface area contributed by atoms with E-state index in [0.29, 0.717) is 11.3 Å². The Bertz CT molecular complexity index is 667. The highest BCUT2D eigenvalue weighted by Gasteiger charge is 2.32. The summed E-state index contributed by atoms with van der Waals surface area (Å²) >= 11 is 0. The average molecular weight is 342 g/mol. The molecule has 4 heteroatoms. The van der Waals surface area contributed by atoms with Crippen LogP contribution in [0.3, 0.4) is 0 Å². The normalized spacial score (nSPS) is 23.3. The Labute approximate surface area is 151 Å². The molecule has 4 nitrogen and oxygen atoms in total. The largest absolute Gasteiger partial charge is 0.326 e. The molecule has 25 heavy (non-hydrogen) atoms. The summed E-state index contributed by atoms with van der Waals surface area (Å²) in [6.07, 6.45) is 5.10. The van der Waals surface area contributed by atoms with Crippen molar-refractivity contribution < 1.29 is 9.59 Å². The molecule has 3 rings (SSSR count). The van der Waals surface area contributed by atoms with Gasteiger partial charge in [-0.25, -0.2) is 0 Å². The second-order valence-corrected chi connectivity index (χ2v) is 8.67. The Morgan fingerprint density at radius 2 is 1.80 bits per heavy atom. The summed E-state index contributed by atoms with van der Waals surface area (Å²) in [6, 6.07) is 5.89. The molecule has 0 radical (unpaired) electrons. The van der Waals surface area contributed by atoms with Crippen LogP contribution in [0.2, 0.25) is 0 Å². The number of hydrogen-bond acceptors (Lipinski definition) is 2. The van der Waals surface area contributed by atoms with Gasteiger partial charge in [0.2, 0.25) is 11.8 Å². The fourth-order valence-corrected chi connectivity index (χ4v) is 4.27. The van der Waals surface area contributed by atoms with Crippen molar-refractivity contribution in [3.05, 3.63) is 23.8 Å². The Morgan fingerprint density at radius 3 is 2.40 bits per heavy atom. The second kappa shape index (κ2) is 6.81. The quantitative estimate of drug-likeness (QED) is 0.867. The van der Waals surface area contributed by atoms with Gasteiger partial charge in [0.05, 0.1) is 0 Å². The number of anilines is 2. The minimum Gasteiger partial charge on any atom is -0.326 e. The number of carbonyl (C=O) groups excluding carboxylic acids is 2. The van der Waals surface area contributed by atoms with Crippen LogP contribution < -0.4 is 10.2 Å². The first-order valence-corrected chi connectivity index (χ1v) is 9.47. The van der Waals surface area contributed by atoms with E-state index in [0.717, 1.165) is 55.6 Å². The van der Waals surface area contributed by atoms with Crippen molar-refractivity contribution in [1.82, 2.24) is 0 Å². The lowest BCUT2D eigenvalue weighted by molar-refractivity contribution is -0.121. The molecule has 1 heterocycles. The van der Waals surface area contributed by atoms with Crippen molar-refractivity contribution in [3.8, 4) is 0 Å². The number of fused-ring (bicyclic) bond motifs is 1. The van der Waals surface area contributed by atoms with Crippen molar-refractivity contribution in [2.75, 3.05) is 16.8 Å². The molecule has 1 aromatic rings. The second-order valence-electron chi connectivity index (χ2n) is 8.67. The average Bonchev–Trinajstić information content (AvgIpc) is 2.97. The van der Waals surface area contributed by atoms with Gasteiger partial charge in [-0.3, -0.25) is 9.59 Å². The molecule has 0 unspecified atom stereocenters. The summed E-state index contributed by atoms with van der Waals surface area (Å²) < 4.78 is 0. The van der Waals surface area contributed by atoms with Crippen molar-refractivity contribution in [2.45, 2.75) is 59.8 Å². The van der Waals surface area contributed by atoms with Crippen LogP contribution in [0.1, 0.15) is 58.9 Å². The van der Waals surface area contributed by atoms with E-state index >= 15 is 0 Å². The SMILES string of the molecule is CC(=O)N1CCc2cc(NC(=O)C3CCC(C(C)(C)C)CC3)ccc21. The van der Waals surface area contributed by atoms with Crippen LogP contribution in [0.15, 0.2) is 18.2 Å². The van der Waals surface area contributed by atoms with Crippen LogP contribution in [0.5, 0.6) is 0 Å². The zero-order valence-electron chi connectivity index (χ0n) is 15.9. The molecule has 0 spiro atoms. The zero-order chi connectivity index (χ0) is 18.2. The van der Waals surface area contributed by atoms with Crippen molar-refractivity contribution >= 4 is 23.2 Å². The monoisotopic (exact) mass is 342 g/mol. The van der Waals surface area contributed by atoms with E-state index in [4.69, 9.17) is 0 Å². The summed E-state index contributed by atoms with van der Waals surface area (Å²) in [7, 11) is 0. The minimum atomic E-state index is 0.0751. The summed E-state index contributed by atoms with van der Waals surface area (Å²) in [4.78, 5) is 26.1. The zero-order valence-corrected chi connectivity index (χ0v) is 15.9. The fraction of sp³-hybridized carbons (Fsp3) is 0.619. The minimum absolute atomic E-state index is 0.0751. The first-order chi connectivity index (χ1) is 11.8. The number of nitrogens with one attached hydrogen (secondary N) is 1. The third-order valence-electron chi connectivity index (χ3n) is 5.95. The molecule has 1 saturated carbocycles. The van der Waals surface area contributed by atoms with Crippen LogP contribution >= 0.6 is 0 Å². The third-order valence-corrected chi connectivity index (χ3v) is 5.95. The highest BCUT2D eigenvalue weighted by atomic mass is 16.2. The molecule has 1 N–H and O–H groups in total. The van der Waals surface area contributed by atoms with Gasteiger partial charge in [-0.05, 0) is 67.2 Å². The molecule has 1 fully saturated rings. The topological polar surface area (TPSA) is 49.4 Å². The fourth-order valence-electron chi connectivity index (χ4n) is 4.27. The van der Waals surface area contributed by atoms with Crippen LogP contribution in [0.25, 0.3) is 0 Å². The Balaban J connectivity index is 1.60. The third kappa shape index (κ3) is 3.88. The Morgan fingerprint density at radius 1 is 1.12 bits per heavy atom. The van der Waals surface area contributed by atoms with Crippen LogP contribution in [0, 0.1) is 17.3 Å². The van der Waals surface area contributed by atoms with Gasteiger partial charge in [-0.2, -0.15) is 0 Å². The molecule has 2 amide bonds. The van der Waals surface area contributed by atoms with Crippen molar-refractivity contribution in [1.29, 1.82) is 0 Å². The predicted molar refractivity (Wildman–Crippen MR) is 102 cm³/mol. The van der Waals surface area contributed by atoms with E-state index in [2.05, 4.69) is 26.1 Å². The van der Waals surface area contributed by atoms with Gasteiger partial charge < -0.3 is 10.2 Å². The lowest BCUT2D eigenvalue weighted by Crippen LogP contribution is -2.31. The maximum Gasteiger partial charge on any atom is 0.227 e. The van der Waals surface area contributed by atoms with E-state index in [1.165, 1.54) is 0 Å². The number of rotatable bonds is 2. The van der Waals surface area contributed by atoms with Gasteiger partial charge in [0.25, 0.3) is 0 Å². The van der Waals surface area contributed by atoms with Crippen LogP contribution in [-0.2, 0) is 16.0 Å². The van der Waals surface area contributed by atoms with Gasteiger partial charge in [0.15, 0.2) is 0 Å². The summed E-state index contributed by atoms with van der Waals surface area (Å²) in [5.74, 6) is 1.06. The molecule has 1 aliphatic heterocycles. The van der Waals surface area contributed by atoms with Crippen LogP contribution in [0.4, 0.5) is 11.4 Å². The van der Waals surface area contributed by atoms with Crippen molar-refractivity contribution in [2.24, 2.45) is 17.3 Å². The highest BCUT2D eigenvalue weighted by molar-refractivity contribution is 5.96. The van der Waals surface area contributed by atoms with Gasteiger partial charge in [-0.1, -0.05) is 20.8 Å². The molecule has 0 bridgehead atoms. The molecule has 1 aliphatic carbocycles. The lowest BCUT2D eigenvalue weighted by atomic mass is 9.69.